The van der Waals surface area contributed by atoms with Crippen molar-refractivity contribution < 1.29 is 39.8 Å². The molecule has 0 aliphatic carbocycles. The van der Waals surface area contributed by atoms with Crippen LogP contribution < -0.4 is 9.47 Å². The lowest BCUT2D eigenvalue weighted by molar-refractivity contribution is 0.0689. The Morgan fingerprint density at radius 1 is 1.15 bits per heavy atom. The van der Waals surface area contributed by atoms with Crippen molar-refractivity contribution in [3.8, 4) is 34.5 Å². The van der Waals surface area contributed by atoms with Gasteiger partial charge in [0, 0.05) is 17.2 Å². The summed E-state index contributed by atoms with van der Waals surface area (Å²) in [6.45, 7) is 5.47. The number of ketones is 1. The molecule has 8 heteroatoms. The number of carbonyl (C=O) groups excluding carboxylic acids is 1. The topological polar surface area (TPSA) is 137 Å². The Hall–Kier alpha value is -3.39. The molecule has 0 saturated heterocycles. The molecule has 5 N–H and O–H groups in total. The van der Waals surface area contributed by atoms with Crippen LogP contribution in [-0.4, -0.2) is 44.0 Å². The van der Waals surface area contributed by atoms with Crippen LogP contribution in [0.4, 0.5) is 0 Å². The Kier molecular flexibility index (Phi) is 7.31. The second-order valence-corrected chi connectivity index (χ2v) is 9.34. The Labute approximate surface area is 198 Å². The second-order valence-electron chi connectivity index (χ2n) is 9.34. The van der Waals surface area contributed by atoms with Crippen LogP contribution in [0.3, 0.4) is 0 Å². The number of methoxy groups -OCH3 is 1. The van der Waals surface area contributed by atoms with Gasteiger partial charge in [0.2, 0.25) is 5.75 Å². The van der Waals surface area contributed by atoms with E-state index in [0.717, 1.165) is 18.4 Å². The predicted octanol–water partition coefficient (Wildman–Crippen LogP) is 4.65. The predicted molar refractivity (Wildman–Crippen MR) is 126 cm³/mol. The average Bonchev–Trinajstić information content (AvgIpc) is 2.73. The van der Waals surface area contributed by atoms with Gasteiger partial charge in [-0.3, -0.25) is 4.79 Å². The summed E-state index contributed by atoms with van der Waals surface area (Å²) in [5.41, 5.74) is 0.965. The van der Waals surface area contributed by atoms with Gasteiger partial charge in [-0.05, 0) is 58.6 Å². The third-order valence-corrected chi connectivity index (χ3v) is 5.95. The zero-order chi connectivity index (χ0) is 25.2. The van der Waals surface area contributed by atoms with Crippen LogP contribution in [0.1, 0.15) is 74.0 Å². The van der Waals surface area contributed by atoms with Crippen molar-refractivity contribution in [2.24, 2.45) is 0 Å². The maximum atomic E-state index is 12.9. The first-order chi connectivity index (χ1) is 15.9. The van der Waals surface area contributed by atoms with E-state index in [-0.39, 0.29) is 52.7 Å². The maximum absolute atomic E-state index is 12.9. The number of aromatic hydroxyl groups is 4. The van der Waals surface area contributed by atoms with Gasteiger partial charge < -0.3 is 35.0 Å². The minimum absolute atomic E-state index is 0.00657. The van der Waals surface area contributed by atoms with Gasteiger partial charge in [-0.25, -0.2) is 0 Å². The molecule has 34 heavy (non-hydrogen) atoms. The quantitative estimate of drug-likeness (QED) is 0.276. The summed E-state index contributed by atoms with van der Waals surface area (Å²) in [7, 11) is 1.33. The first-order valence-electron chi connectivity index (χ1n) is 11.2. The summed E-state index contributed by atoms with van der Waals surface area (Å²) < 4.78 is 10.9. The fourth-order valence-electron chi connectivity index (χ4n) is 4.02. The molecule has 0 unspecified atom stereocenters. The molecule has 2 aromatic carbocycles. The van der Waals surface area contributed by atoms with E-state index in [1.165, 1.54) is 25.3 Å². The summed E-state index contributed by atoms with van der Waals surface area (Å²) in [6, 6.07) is 4.04. The van der Waals surface area contributed by atoms with E-state index in [1.807, 2.05) is 13.0 Å². The molecule has 0 spiro atoms. The number of hydrogen-bond donors (Lipinski definition) is 5. The zero-order valence-electron chi connectivity index (χ0n) is 19.9. The maximum Gasteiger partial charge on any atom is 0.200 e. The number of carbonyl (C=O) groups is 1. The Morgan fingerprint density at radius 3 is 2.50 bits per heavy atom. The molecule has 1 heterocycles. The minimum atomic E-state index is -0.803. The van der Waals surface area contributed by atoms with Crippen molar-refractivity contribution in [1.82, 2.24) is 0 Å². The summed E-state index contributed by atoms with van der Waals surface area (Å²) in [4.78, 5) is 12.9. The Balaban J connectivity index is 1.83. The van der Waals surface area contributed by atoms with Crippen LogP contribution in [0, 0.1) is 0 Å². The number of aliphatic hydroxyl groups is 1. The van der Waals surface area contributed by atoms with E-state index >= 15 is 0 Å². The van der Waals surface area contributed by atoms with Gasteiger partial charge in [0.05, 0.1) is 19.1 Å². The molecule has 0 fully saturated rings. The highest BCUT2D eigenvalue weighted by atomic mass is 16.5. The molecule has 0 aromatic heterocycles. The number of hydrogen-bond acceptors (Lipinski definition) is 8. The van der Waals surface area contributed by atoms with Gasteiger partial charge in [0.15, 0.2) is 17.3 Å². The lowest BCUT2D eigenvalue weighted by Crippen LogP contribution is -2.21. The highest BCUT2D eigenvalue weighted by molar-refractivity contribution is 6.03. The minimum Gasteiger partial charge on any atom is -0.507 e. The third kappa shape index (κ3) is 5.56. The Morgan fingerprint density at radius 2 is 1.85 bits per heavy atom. The van der Waals surface area contributed by atoms with E-state index in [1.54, 1.807) is 13.8 Å². The molecule has 0 amide bonds. The lowest BCUT2D eigenvalue weighted by Gasteiger charge is -2.27. The van der Waals surface area contributed by atoms with Crippen molar-refractivity contribution in [2.75, 3.05) is 7.11 Å². The summed E-state index contributed by atoms with van der Waals surface area (Å²) in [6.07, 6.45) is 3.44. The Bertz CT molecular complexity index is 1110. The highest BCUT2D eigenvalue weighted by Gasteiger charge is 2.33. The second kappa shape index (κ2) is 9.85. The summed E-state index contributed by atoms with van der Waals surface area (Å²) >= 11 is 0. The average molecular weight is 473 g/mol. The first-order valence-corrected chi connectivity index (χ1v) is 11.2. The first kappa shape index (κ1) is 25.2. The number of fused-ring (bicyclic) bond motifs is 1. The van der Waals surface area contributed by atoms with Crippen molar-refractivity contribution in [3.63, 3.8) is 0 Å². The zero-order valence-corrected chi connectivity index (χ0v) is 19.9. The van der Waals surface area contributed by atoms with Gasteiger partial charge in [0.1, 0.15) is 28.9 Å². The molecule has 8 nitrogen and oxygen atoms in total. The van der Waals surface area contributed by atoms with Gasteiger partial charge >= 0.3 is 0 Å². The van der Waals surface area contributed by atoms with E-state index in [9.17, 15) is 30.3 Å². The molecular weight excluding hydrogens is 440 g/mol. The van der Waals surface area contributed by atoms with Crippen LogP contribution in [-0.2, 0) is 6.42 Å². The number of Topliss-reactive ketones (excluding diaryl/α,β-unsaturated/α-hetero) is 1. The van der Waals surface area contributed by atoms with Crippen LogP contribution in [0.15, 0.2) is 29.8 Å². The number of benzene rings is 2. The SMILES string of the molecule is COc1cc([C@@H]2CC(=O)c3c(cc(O)c(C/C=C(\C)CCCC(C)(C)O)c3O)O2)cc(O)c1O. The fraction of sp³-hybridized carbons (Fsp3) is 0.423. The molecule has 2 aromatic rings. The van der Waals surface area contributed by atoms with E-state index < -0.39 is 23.2 Å². The number of phenols is 4. The van der Waals surface area contributed by atoms with Gasteiger partial charge in [-0.2, -0.15) is 0 Å². The van der Waals surface area contributed by atoms with Gasteiger partial charge in [-0.15, -0.1) is 0 Å². The van der Waals surface area contributed by atoms with Crippen LogP contribution >= 0.6 is 0 Å². The van der Waals surface area contributed by atoms with Crippen LogP contribution in [0.2, 0.25) is 0 Å². The van der Waals surface area contributed by atoms with E-state index in [2.05, 4.69) is 0 Å². The standard InChI is InChI=1S/C26H32O8/c1-14(6-5-9-26(2,3)32)7-8-16-17(27)12-21-23(24(16)30)18(28)13-20(34-21)15-10-19(29)25(31)22(11-15)33-4/h7,10-12,20,27,29-32H,5-6,8-9,13H2,1-4H3/b14-7+/t20-/m0/s1. The van der Waals surface area contributed by atoms with Gasteiger partial charge in [0.25, 0.3) is 0 Å². The molecule has 184 valence electrons. The molecule has 0 saturated carbocycles. The van der Waals surface area contributed by atoms with Crippen molar-refractivity contribution in [1.29, 1.82) is 0 Å². The normalized spacial score (nSPS) is 16.2. The van der Waals surface area contributed by atoms with Crippen molar-refractivity contribution in [3.05, 3.63) is 46.5 Å². The molecule has 1 aliphatic rings. The molecular formula is C26H32O8. The van der Waals surface area contributed by atoms with Crippen LogP contribution in [0.5, 0.6) is 34.5 Å². The lowest BCUT2D eigenvalue weighted by atomic mass is 9.92. The summed E-state index contributed by atoms with van der Waals surface area (Å²) in [5, 5.41) is 51.0. The largest absolute Gasteiger partial charge is 0.507 e. The summed E-state index contributed by atoms with van der Waals surface area (Å²) in [5.74, 6) is -1.65. The molecule has 0 bridgehead atoms. The van der Waals surface area contributed by atoms with Crippen molar-refractivity contribution >= 4 is 5.78 Å². The van der Waals surface area contributed by atoms with E-state index in [4.69, 9.17) is 9.47 Å². The van der Waals surface area contributed by atoms with E-state index in [0.29, 0.717) is 12.0 Å². The van der Waals surface area contributed by atoms with Crippen molar-refractivity contribution in [2.45, 2.75) is 64.6 Å². The molecule has 3 rings (SSSR count). The molecule has 0 radical (unpaired) electrons. The van der Waals surface area contributed by atoms with Gasteiger partial charge in [-0.1, -0.05) is 11.6 Å². The monoisotopic (exact) mass is 472 g/mol. The number of ether oxygens (including phenoxy) is 2. The van der Waals surface area contributed by atoms with Crippen LogP contribution in [0.25, 0.3) is 0 Å². The number of allylic oxidation sites excluding steroid dienone is 2. The fourth-order valence-corrected chi connectivity index (χ4v) is 4.02. The smallest absolute Gasteiger partial charge is 0.200 e. The number of rotatable bonds is 8. The highest BCUT2D eigenvalue weighted by Crippen LogP contribution is 2.46. The number of phenolic OH excluding ortho intramolecular Hbond substituents is 4. The third-order valence-electron chi connectivity index (χ3n) is 5.95. The molecule has 1 atom stereocenters. The molecule has 1 aliphatic heterocycles.